The number of aliphatic hydroxyl groups excluding tert-OH is 1. The second-order valence-electron chi connectivity index (χ2n) is 11.1. The molecule has 1 aliphatic carbocycles. The number of fused-ring (bicyclic) bond motifs is 1. The molecule has 1 saturated carbocycles. The van der Waals surface area contributed by atoms with Crippen molar-refractivity contribution in [1.82, 2.24) is 9.88 Å². The number of benzene rings is 2. The van der Waals surface area contributed by atoms with Crippen molar-refractivity contribution in [2.75, 3.05) is 6.61 Å². The Bertz CT molecular complexity index is 1520. The van der Waals surface area contributed by atoms with Crippen molar-refractivity contribution in [1.29, 1.82) is 0 Å². The van der Waals surface area contributed by atoms with Gasteiger partial charge in [-0.2, -0.15) is 0 Å². The summed E-state index contributed by atoms with van der Waals surface area (Å²) in [6.45, 7) is 1.84. The van der Waals surface area contributed by atoms with Gasteiger partial charge in [0.25, 0.3) is 17.9 Å². The van der Waals surface area contributed by atoms with Crippen LogP contribution in [0.1, 0.15) is 58.1 Å². The number of amides is 1. The highest BCUT2D eigenvalue weighted by molar-refractivity contribution is 6.30. The van der Waals surface area contributed by atoms with E-state index in [9.17, 15) is 40.5 Å². The maximum Gasteiger partial charge on any atom is 0.294 e. The SMILES string of the molecule is Cc1ccc(CN2C(=O)c3cc(C(C)(O)CO)cc(F)c3[C@]2(OC(O)(O)C2(C(O)(O)O)CC2)c2ccc(Cl)cc2)nc1. The summed E-state index contributed by atoms with van der Waals surface area (Å²) in [5.74, 6) is -9.19. The first-order chi connectivity index (χ1) is 19.5. The van der Waals surface area contributed by atoms with Gasteiger partial charge in [0.05, 0.1) is 30.0 Å². The second kappa shape index (κ2) is 10.0. The molecule has 0 radical (unpaired) electrons. The Morgan fingerprint density at radius 1 is 1.05 bits per heavy atom. The van der Waals surface area contributed by atoms with Crippen molar-refractivity contribution >= 4 is 17.5 Å². The number of rotatable bonds is 9. The number of carbonyl (C=O) groups excluding carboxylic acids is 1. The van der Waals surface area contributed by atoms with Gasteiger partial charge in [-0.3, -0.25) is 19.4 Å². The number of hydrogen-bond donors (Lipinski definition) is 7. The molecule has 2 aromatic carbocycles. The molecule has 1 unspecified atom stereocenters. The van der Waals surface area contributed by atoms with Gasteiger partial charge in [0.1, 0.15) is 16.8 Å². The van der Waals surface area contributed by atoms with E-state index in [1.165, 1.54) is 37.4 Å². The average molecular weight is 605 g/mol. The van der Waals surface area contributed by atoms with Gasteiger partial charge in [-0.05, 0) is 68.1 Å². The maximum absolute atomic E-state index is 16.3. The molecule has 42 heavy (non-hydrogen) atoms. The van der Waals surface area contributed by atoms with Gasteiger partial charge in [0.2, 0.25) is 5.72 Å². The van der Waals surface area contributed by atoms with Crippen molar-refractivity contribution < 1.29 is 49.7 Å². The summed E-state index contributed by atoms with van der Waals surface area (Å²) >= 11 is 6.11. The molecule has 224 valence electrons. The van der Waals surface area contributed by atoms with Crippen LogP contribution in [0.25, 0.3) is 0 Å². The normalized spacial score (nSPS) is 21.3. The van der Waals surface area contributed by atoms with Gasteiger partial charge in [-0.25, -0.2) is 4.39 Å². The molecule has 1 amide bonds. The van der Waals surface area contributed by atoms with Crippen LogP contribution in [0.2, 0.25) is 5.02 Å². The van der Waals surface area contributed by atoms with E-state index in [1.54, 1.807) is 19.1 Å². The Labute approximate surface area is 244 Å². The largest absolute Gasteiger partial charge is 0.393 e. The fourth-order valence-corrected chi connectivity index (χ4v) is 5.46. The lowest BCUT2D eigenvalue weighted by Gasteiger charge is -2.46. The number of aromatic nitrogens is 1. The van der Waals surface area contributed by atoms with Crippen molar-refractivity contribution in [3.63, 3.8) is 0 Å². The van der Waals surface area contributed by atoms with E-state index >= 15 is 4.39 Å². The van der Waals surface area contributed by atoms with Crippen LogP contribution < -0.4 is 0 Å². The molecule has 1 aliphatic heterocycles. The van der Waals surface area contributed by atoms with Crippen LogP contribution in [0.4, 0.5) is 4.39 Å². The molecule has 13 heteroatoms. The molecule has 11 nitrogen and oxygen atoms in total. The zero-order valence-electron chi connectivity index (χ0n) is 22.6. The predicted octanol–water partition coefficient (Wildman–Crippen LogP) is 1.31. The van der Waals surface area contributed by atoms with Crippen LogP contribution in [0.15, 0.2) is 54.7 Å². The highest BCUT2D eigenvalue weighted by Crippen LogP contribution is 2.62. The monoisotopic (exact) mass is 604 g/mol. The zero-order chi connectivity index (χ0) is 30.9. The molecule has 3 aromatic rings. The Morgan fingerprint density at radius 3 is 2.21 bits per heavy atom. The second-order valence-corrected chi connectivity index (χ2v) is 11.5. The van der Waals surface area contributed by atoms with Gasteiger partial charge in [-0.1, -0.05) is 29.8 Å². The molecule has 1 aromatic heterocycles. The van der Waals surface area contributed by atoms with E-state index in [0.717, 1.165) is 22.6 Å². The van der Waals surface area contributed by atoms with E-state index in [1.807, 2.05) is 0 Å². The van der Waals surface area contributed by atoms with Crippen molar-refractivity contribution in [2.45, 2.75) is 56.5 Å². The first-order valence-electron chi connectivity index (χ1n) is 13.0. The van der Waals surface area contributed by atoms with Crippen LogP contribution in [0.3, 0.4) is 0 Å². The van der Waals surface area contributed by atoms with Crippen LogP contribution in [0, 0.1) is 18.2 Å². The fourth-order valence-electron chi connectivity index (χ4n) is 5.33. The van der Waals surface area contributed by atoms with Gasteiger partial charge in [0.15, 0.2) is 0 Å². The Balaban J connectivity index is 1.81. The molecule has 0 bridgehead atoms. The van der Waals surface area contributed by atoms with Crippen molar-refractivity contribution in [2.24, 2.45) is 5.41 Å². The number of pyridine rings is 1. The first kappa shape index (κ1) is 30.4. The molecule has 1 fully saturated rings. The molecule has 2 heterocycles. The number of carbonyl (C=O) groups is 1. The molecular formula is C29H30ClFN2O9. The lowest BCUT2D eigenvalue weighted by atomic mass is 9.88. The molecule has 0 spiro atoms. The first-order valence-corrected chi connectivity index (χ1v) is 13.4. The van der Waals surface area contributed by atoms with Crippen molar-refractivity contribution in [3.8, 4) is 0 Å². The third-order valence-corrected chi connectivity index (χ3v) is 8.30. The minimum atomic E-state index is -3.63. The lowest BCUT2D eigenvalue weighted by molar-refractivity contribution is -0.484. The predicted molar refractivity (Wildman–Crippen MR) is 143 cm³/mol. The van der Waals surface area contributed by atoms with Crippen molar-refractivity contribution in [3.05, 3.63) is 99.1 Å². The molecule has 5 rings (SSSR count). The quantitative estimate of drug-likeness (QED) is 0.176. The third kappa shape index (κ3) is 4.69. The summed E-state index contributed by atoms with van der Waals surface area (Å²) in [6.07, 6.45) is 0.896. The fraction of sp³-hybridized carbons (Fsp3) is 0.379. The Hall–Kier alpha value is -3.04. The molecule has 2 atom stereocenters. The number of aryl methyl sites for hydroxylation is 1. The highest BCUT2D eigenvalue weighted by atomic mass is 35.5. The van der Waals surface area contributed by atoms with E-state index in [0.29, 0.717) is 5.69 Å². The summed E-state index contributed by atoms with van der Waals surface area (Å²) in [6, 6.07) is 10.9. The smallest absolute Gasteiger partial charge is 0.294 e. The summed E-state index contributed by atoms with van der Waals surface area (Å²) in [7, 11) is 0. The summed E-state index contributed by atoms with van der Waals surface area (Å²) in [5, 5.41) is 73.4. The minimum Gasteiger partial charge on any atom is -0.393 e. The van der Waals surface area contributed by atoms with Crippen LogP contribution in [-0.2, 0) is 22.6 Å². The Morgan fingerprint density at radius 2 is 1.69 bits per heavy atom. The standard InChI is InChI=1S/C29H30ClFN2O9/c1-16-3-8-20(32-13-16)14-33-24(35)21-11-18(25(2,36)15-34)12-22(31)23(21)27(33,17-4-6-19(30)7-5-17)42-29(40,41)26(9-10-26)28(37,38)39/h3-8,11-13,34,36-41H,9-10,14-15H2,1-2H3/t25?,27-/m1/s1. The molecule has 2 aliphatic rings. The lowest BCUT2D eigenvalue weighted by Crippen LogP contribution is -2.61. The van der Waals surface area contributed by atoms with Crippen LogP contribution in [-0.4, -0.2) is 70.1 Å². The van der Waals surface area contributed by atoms with Gasteiger partial charge >= 0.3 is 0 Å². The summed E-state index contributed by atoms with van der Waals surface area (Å²) in [5.41, 5.74) is -6.81. The number of hydrogen-bond acceptors (Lipinski definition) is 10. The van der Waals surface area contributed by atoms with E-state index in [-0.39, 0.29) is 41.1 Å². The van der Waals surface area contributed by atoms with Gasteiger partial charge < -0.3 is 35.7 Å². The number of aliphatic hydroxyl groups is 7. The topological polar surface area (TPSA) is 184 Å². The Kier molecular flexibility index (Phi) is 7.25. The summed E-state index contributed by atoms with van der Waals surface area (Å²) < 4.78 is 22.3. The molecule has 7 N–H and O–H groups in total. The van der Waals surface area contributed by atoms with Crippen LogP contribution >= 0.6 is 11.6 Å². The van der Waals surface area contributed by atoms with E-state index in [4.69, 9.17) is 16.3 Å². The minimum absolute atomic E-state index is 0.0191. The number of nitrogens with zero attached hydrogens (tertiary/aromatic N) is 2. The van der Waals surface area contributed by atoms with Gasteiger partial charge in [0, 0.05) is 16.8 Å². The summed E-state index contributed by atoms with van der Waals surface area (Å²) in [4.78, 5) is 19.5. The number of halogens is 2. The maximum atomic E-state index is 16.3. The van der Waals surface area contributed by atoms with E-state index in [2.05, 4.69) is 4.98 Å². The van der Waals surface area contributed by atoms with E-state index < -0.39 is 52.6 Å². The zero-order valence-corrected chi connectivity index (χ0v) is 23.4. The van der Waals surface area contributed by atoms with Gasteiger partial charge in [-0.15, -0.1) is 0 Å². The average Bonchev–Trinajstić information content (AvgIpc) is 3.72. The number of ether oxygens (including phenoxy) is 1. The molecule has 0 saturated heterocycles. The third-order valence-electron chi connectivity index (χ3n) is 8.05. The van der Waals surface area contributed by atoms with Crippen LogP contribution in [0.5, 0.6) is 0 Å². The highest BCUT2D eigenvalue weighted by Gasteiger charge is 2.74. The molecular weight excluding hydrogens is 575 g/mol.